The van der Waals surface area contributed by atoms with Crippen LogP contribution in [0.2, 0.25) is 0 Å². The fourth-order valence-electron chi connectivity index (χ4n) is 2.00. The molecule has 0 aliphatic rings. The van der Waals surface area contributed by atoms with E-state index < -0.39 is 0 Å². The number of imidazole rings is 1. The van der Waals surface area contributed by atoms with Crippen molar-refractivity contribution in [1.82, 2.24) is 9.55 Å². The van der Waals surface area contributed by atoms with Gasteiger partial charge in [-0.1, -0.05) is 6.07 Å². The lowest BCUT2D eigenvalue weighted by Crippen LogP contribution is -2.20. The van der Waals surface area contributed by atoms with Gasteiger partial charge in [-0.2, -0.15) is 0 Å². The molecule has 1 unspecified atom stereocenters. The number of nitrogens with zero attached hydrogens (tertiary/aromatic N) is 2. The van der Waals surface area contributed by atoms with Crippen molar-refractivity contribution in [3.05, 3.63) is 29.8 Å². The van der Waals surface area contributed by atoms with Gasteiger partial charge in [0, 0.05) is 13.7 Å². The van der Waals surface area contributed by atoms with Crippen molar-refractivity contribution in [3.63, 3.8) is 0 Å². The van der Waals surface area contributed by atoms with E-state index in [2.05, 4.69) is 4.98 Å². The Morgan fingerprint density at radius 3 is 2.94 bits per heavy atom. The predicted octanol–water partition coefficient (Wildman–Crippen LogP) is 1.84. The Morgan fingerprint density at radius 2 is 2.29 bits per heavy atom. The zero-order chi connectivity index (χ0) is 12.4. The van der Waals surface area contributed by atoms with E-state index in [0.717, 1.165) is 5.52 Å². The van der Waals surface area contributed by atoms with Crippen LogP contribution in [0.4, 0.5) is 4.39 Å². The summed E-state index contributed by atoms with van der Waals surface area (Å²) < 4.78 is 20.5. The molecule has 0 spiro atoms. The van der Waals surface area contributed by atoms with Crippen molar-refractivity contribution in [2.24, 2.45) is 5.73 Å². The minimum absolute atomic E-state index is 0.319. The Labute approximate surface area is 99.2 Å². The number of fused-ring (bicyclic) bond motifs is 1. The lowest BCUT2D eigenvalue weighted by Gasteiger charge is -2.12. The average Bonchev–Trinajstić information content (AvgIpc) is 2.69. The maximum absolute atomic E-state index is 13.6. The number of hydrogen-bond donors (Lipinski definition) is 1. The summed E-state index contributed by atoms with van der Waals surface area (Å²) in [4.78, 5) is 4.28. The number of benzene rings is 1. The third-order valence-electron chi connectivity index (χ3n) is 2.75. The quantitative estimate of drug-likeness (QED) is 0.882. The summed E-state index contributed by atoms with van der Waals surface area (Å²) in [5.74, 6) is 0.343. The second-order valence-corrected chi connectivity index (χ2v) is 3.88. The molecule has 5 heteroatoms. The molecule has 1 atom stereocenters. The van der Waals surface area contributed by atoms with Gasteiger partial charge in [0.05, 0.1) is 18.2 Å². The summed E-state index contributed by atoms with van der Waals surface area (Å²) in [6, 6.07) is 4.59. The molecular formula is C12H16FN3O. The van der Waals surface area contributed by atoms with Crippen molar-refractivity contribution < 1.29 is 9.13 Å². The summed E-state index contributed by atoms with van der Waals surface area (Å²) in [7, 11) is 1.58. The number of ether oxygens (including phenoxy) is 1. The Hall–Kier alpha value is -1.46. The number of rotatable bonds is 4. The topological polar surface area (TPSA) is 53.1 Å². The van der Waals surface area contributed by atoms with Crippen molar-refractivity contribution in [3.8, 4) is 0 Å². The van der Waals surface area contributed by atoms with Crippen molar-refractivity contribution in [1.29, 1.82) is 0 Å². The van der Waals surface area contributed by atoms with Crippen LogP contribution >= 0.6 is 0 Å². The third kappa shape index (κ3) is 2.03. The maximum atomic E-state index is 13.6. The first kappa shape index (κ1) is 12.0. The second kappa shape index (κ2) is 4.81. The number of halogens is 1. The van der Waals surface area contributed by atoms with Crippen LogP contribution in [0.15, 0.2) is 18.2 Å². The smallest absolute Gasteiger partial charge is 0.151 e. The standard InChI is InChI=1S/C12H16FN3O/c1-3-16-10-6-4-5-8(13)11(10)15-12(16)9(14)7-17-2/h4-6,9H,3,7,14H2,1-2H3. The van der Waals surface area contributed by atoms with Gasteiger partial charge in [0.15, 0.2) is 5.82 Å². The molecule has 1 aromatic carbocycles. The molecular weight excluding hydrogens is 221 g/mol. The van der Waals surface area contributed by atoms with Crippen molar-refractivity contribution in [2.75, 3.05) is 13.7 Å². The molecule has 0 aliphatic heterocycles. The molecule has 92 valence electrons. The van der Waals surface area contributed by atoms with E-state index >= 15 is 0 Å². The number of para-hydroxylation sites is 1. The number of aromatic nitrogens is 2. The summed E-state index contributed by atoms with van der Waals surface area (Å²) >= 11 is 0. The van der Waals surface area contributed by atoms with Crippen LogP contribution in [0.5, 0.6) is 0 Å². The molecule has 1 aromatic heterocycles. The Balaban J connectivity index is 2.59. The lowest BCUT2D eigenvalue weighted by molar-refractivity contribution is 0.177. The predicted molar refractivity (Wildman–Crippen MR) is 64.2 cm³/mol. The molecule has 0 bridgehead atoms. The Morgan fingerprint density at radius 1 is 1.53 bits per heavy atom. The highest BCUT2D eigenvalue weighted by Gasteiger charge is 2.17. The zero-order valence-corrected chi connectivity index (χ0v) is 9.98. The van der Waals surface area contributed by atoms with Crippen LogP contribution in [0.1, 0.15) is 18.8 Å². The molecule has 17 heavy (non-hydrogen) atoms. The van der Waals surface area contributed by atoms with E-state index in [9.17, 15) is 4.39 Å². The van der Waals surface area contributed by atoms with E-state index in [1.807, 2.05) is 17.6 Å². The van der Waals surface area contributed by atoms with Crippen LogP contribution in [0.25, 0.3) is 11.0 Å². The number of hydrogen-bond acceptors (Lipinski definition) is 3. The molecule has 2 N–H and O–H groups in total. The fraction of sp³-hybridized carbons (Fsp3) is 0.417. The number of nitrogens with two attached hydrogens (primary N) is 1. The lowest BCUT2D eigenvalue weighted by atomic mass is 10.3. The van der Waals surface area contributed by atoms with Gasteiger partial charge >= 0.3 is 0 Å². The number of methoxy groups -OCH3 is 1. The molecule has 0 fully saturated rings. The highest BCUT2D eigenvalue weighted by atomic mass is 19.1. The molecule has 0 amide bonds. The molecule has 0 aliphatic carbocycles. The normalized spacial score (nSPS) is 13.2. The van der Waals surface area contributed by atoms with Crippen LogP contribution in [0.3, 0.4) is 0 Å². The fourth-order valence-corrected chi connectivity index (χ4v) is 2.00. The molecule has 0 radical (unpaired) electrons. The van der Waals surface area contributed by atoms with Gasteiger partial charge in [-0.25, -0.2) is 9.37 Å². The summed E-state index contributed by atoms with van der Waals surface area (Å²) in [6.07, 6.45) is 0. The molecule has 2 aromatic rings. The maximum Gasteiger partial charge on any atom is 0.151 e. The third-order valence-corrected chi connectivity index (χ3v) is 2.75. The van der Waals surface area contributed by atoms with Crippen LogP contribution in [-0.4, -0.2) is 23.3 Å². The van der Waals surface area contributed by atoms with Crippen molar-refractivity contribution in [2.45, 2.75) is 19.5 Å². The monoisotopic (exact) mass is 237 g/mol. The molecule has 2 rings (SSSR count). The highest BCUT2D eigenvalue weighted by Crippen LogP contribution is 2.22. The first-order chi connectivity index (χ1) is 8.19. The highest BCUT2D eigenvalue weighted by molar-refractivity contribution is 5.76. The number of aryl methyl sites for hydroxylation is 1. The Kier molecular flexibility index (Phi) is 3.40. The van der Waals surface area contributed by atoms with E-state index in [1.54, 1.807) is 13.2 Å². The van der Waals surface area contributed by atoms with E-state index in [1.165, 1.54) is 6.07 Å². The van der Waals surface area contributed by atoms with Gasteiger partial charge < -0.3 is 15.0 Å². The van der Waals surface area contributed by atoms with Gasteiger partial charge in [-0.15, -0.1) is 0 Å². The minimum Gasteiger partial charge on any atom is -0.383 e. The first-order valence-corrected chi connectivity index (χ1v) is 5.58. The SMILES string of the molecule is CCn1c(C(N)COC)nc2c(F)cccc21. The van der Waals surface area contributed by atoms with Gasteiger partial charge in [0.25, 0.3) is 0 Å². The summed E-state index contributed by atoms with van der Waals surface area (Å²) in [6.45, 7) is 3.05. The zero-order valence-electron chi connectivity index (χ0n) is 9.98. The molecule has 4 nitrogen and oxygen atoms in total. The molecule has 0 saturated heterocycles. The van der Waals surface area contributed by atoms with Crippen LogP contribution in [0, 0.1) is 5.82 Å². The Bertz CT molecular complexity index is 524. The van der Waals surface area contributed by atoms with Crippen LogP contribution < -0.4 is 5.73 Å². The summed E-state index contributed by atoms with van der Waals surface area (Å²) in [5.41, 5.74) is 7.11. The molecule has 0 saturated carbocycles. The summed E-state index contributed by atoms with van der Waals surface area (Å²) in [5, 5.41) is 0. The first-order valence-electron chi connectivity index (χ1n) is 5.58. The minimum atomic E-state index is -0.341. The van der Waals surface area contributed by atoms with Gasteiger partial charge in [0.1, 0.15) is 11.3 Å². The average molecular weight is 237 g/mol. The van der Waals surface area contributed by atoms with Crippen molar-refractivity contribution >= 4 is 11.0 Å². The molecule has 1 heterocycles. The second-order valence-electron chi connectivity index (χ2n) is 3.88. The van der Waals surface area contributed by atoms with Gasteiger partial charge in [0.2, 0.25) is 0 Å². The van der Waals surface area contributed by atoms with E-state index in [4.69, 9.17) is 10.5 Å². The van der Waals surface area contributed by atoms with Crippen LogP contribution in [-0.2, 0) is 11.3 Å². The van der Waals surface area contributed by atoms with E-state index in [-0.39, 0.29) is 11.9 Å². The van der Waals surface area contributed by atoms with Gasteiger partial charge in [-0.05, 0) is 19.1 Å². The van der Waals surface area contributed by atoms with Gasteiger partial charge in [-0.3, -0.25) is 0 Å². The van der Waals surface area contributed by atoms with E-state index in [0.29, 0.717) is 24.5 Å². The largest absolute Gasteiger partial charge is 0.383 e.